The molecular formula is C22H21FN2O2. The van der Waals surface area contributed by atoms with Crippen molar-refractivity contribution >= 4 is 17.0 Å². The molecule has 2 aromatic carbocycles. The summed E-state index contributed by atoms with van der Waals surface area (Å²) in [5.41, 5.74) is 2.70. The Balaban J connectivity index is 1.47. The molecule has 1 amide bonds. The predicted octanol–water partition coefficient (Wildman–Crippen LogP) is 5.10. The fourth-order valence-electron chi connectivity index (χ4n) is 4.13. The third kappa shape index (κ3) is 2.82. The molecule has 1 unspecified atom stereocenters. The molecule has 5 rings (SSSR count). The third-order valence-corrected chi connectivity index (χ3v) is 5.86. The number of benzene rings is 2. The highest BCUT2D eigenvalue weighted by Gasteiger charge is 2.38. The number of aromatic nitrogens is 1. The van der Waals surface area contributed by atoms with Gasteiger partial charge in [0.25, 0.3) is 0 Å². The molecule has 1 atom stereocenters. The Morgan fingerprint density at radius 3 is 2.74 bits per heavy atom. The van der Waals surface area contributed by atoms with E-state index in [9.17, 15) is 9.18 Å². The van der Waals surface area contributed by atoms with Crippen molar-refractivity contribution in [2.24, 2.45) is 5.92 Å². The second-order valence-corrected chi connectivity index (χ2v) is 7.53. The first-order valence-electron chi connectivity index (χ1n) is 9.66. The number of oxazole rings is 1. The van der Waals surface area contributed by atoms with Gasteiger partial charge in [0, 0.05) is 18.0 Å². The number of nitrogens with zero attached hydrogens (tertiary/aromatic N) is 2. The van der Waals surface area contributed by atoms with Crippen molar-refractivity contribution < 1.29 is 13.6 Å². The Kier molecular flexibility index (Phi) is 3.96. The van der Waals surface area contributed by atoms with E-state index in [2.05, 4.69) is 4.98 Å². The van der Waals surface area contributed by atoms with Gasteiger partial charge in [-0.1, -0.05) is 30.7 Å². The van der Waals surface area contributed by atoms with E-state index in [1.807, 2.05) is 29.2 Å². The standard InChI is InChI=1S/C22H21FN2O2/c23-17-8-2-1-7-16(17)15-10-11-20-18(13-15)24-21(27-20)19-9-4-12-25(19)22(26)14-5-3-6-14/h1-2,7-8,10-11,13-14,19H,3-6,9,12H2. The summed E-state index contributed by atoms with van der Waals surface area (Å²) in [7, 11) is 0. The van der Waals surface area contributed by atoms with E-state index in [-0.39, 0.29) is 23.7 Å². The molecule has 2 heterocycles. The van der Waals surface area contributed by atoms with Gasteiger partial charge in [0.2, 0.25) is 11.8 Å². The van der Waals surface area contributed by atoms with E-state index in [1.165, 1.54) is 6.07 Å². The maximum Gasteiger partial charge on any atom is 0.226 e. The molecule has 1 saturated heterocycles. The van der Waals surface area contributed by atoms with E-state index in [0.29, 0.717) is 22.6 Å². The summed E-state index contributed by atoms with van der Waals surface area (Å²) in [6.07, 6.45) is 5.01. The quantitative estimate of drug-likeness (QED) is 0.650. The molecule has 1 saturated carbocycles. The molecule has 0 radical (unpaired) electrons. The summed E-state index contributed by atoms with van der Waals surface area (Å²) < 4.78 is 20.1. The van der Waals surface area contributed by atoms with Crippen LogP contribution in [-0.2, 0) is 4.79 Å². The van der Waals surface area contributed by atoms with Gasteiger partial charge in [-0.15, -0.1) is 0 Å². The highest BCUT2D eigenvalue weighted by Crippen LogP contribution is 2.38. The number of likely N-dealkylation sites (tertiary alicyclic amines) is 1. The van der Waals surface area contributed by atoms with Crippen molar-refractivity contribution in [3.05, 3.63) is 54.2 Å². The van der Waals surface area contributed by atoms with Crippen LogP contribution in [0.25, 0.3) is 22.2 Å². The minimum atomic E-state index is -0.256. The smallest absolute Gasteiger partial charge is 0.226 e. The highest BCUT2D eigenvalue weighted by molar-refractivity contribution is 5.82. The SMILES string of the molecule is O=C(C1CCC1)N1CCCC1c1nc2cc(-c3ccccc3F)ccc2o1. The summed E-state index contributed by atoms with van der Waals surface area (Å²) >= 11 is 0. The number of hydrogen-bond donors (Lipinski definition) is 0. The lowest BCUT2D eigenvalue weighted by molar-refractivity contribution is -0.139. The summed E-state index contributed by atoms with van der Waals surface area (Å²) in [4.78, 5) is 19.3. The van der Waals surface area contributed by atoms with Crippen molar-refractivity contribution in [3.8, 4) is 11.1 Å². The first kappa shape index (κ1) is 16.5. The molecule has 1 aliphatic heterocycles. The number of halogens is 1. The van der Waals surface area contributed by atoms with E-state index in [0.717, 1.165) is 44.2 Å². The van der Waals surface area contributed by atoms with Gasteiger partial charge >= 0.3 is 0 Å². The molecule has 1 aliphatic carbocycles. The summed E-state index contributed by atoms with van der Waals surface area (Å²) in [5.74, 6) is 0.773. The van der Waals surface area contributed by atoms with Crippen LogP contribution in [-0.4, -0.2) is 22.3 Å². The zero-order valence-corrected chi connectivity index (χ0v) is 15.0. The maximum atomic E-state index is 14.1. The summed E-state index contributed by atoms with van der Waals surface area (Å²) in [6.45, 7) is 0.777. The topological polar surface area (TPSA) is 46.3 Å². The predicted molar refractivity (Wildman–Crippen MR) is 100 cm³/mol. The number of amides is 1. The molecular weight excluding hydrogens is 343 g/mol. The van der Waals surface area contributed by atoms with Gasteiger partial charge in [0.05, 0.1) is 0 Å². The number of fused-ring (bicyclic) bond motifs is 1. The molecule has 1 aromatic heterocycles. The van der Waals surface area contributed by atoms with Crippen molar-refractivity contribution in [3.63, 3.8) is 0 Å². The van der Waals surface area contributed by atoms with Gasteiger partial charge in [0.1, 0.15) is 17.4 Å². The van der Waals surface area contributed by atoms with Crippen LogP contribution in [0.1, 0.15) is 44.0 Å². The number of carbonyl (C=O) groups excluding carboxylic acids is 1. The molecule has 0 N–H and O–H groups in total. The molecule has 2 aliphatic rings. The molecule has 4 nitrogen and oxygen atoms in total. The van der Waals surface area contributed by atoms with Crippen LogP contribution in [0.3, 0.4) is 0 Å². The van der Waals surface area contributed by atoms with Gasteiger partial charge in [-0.25, -0.2) is 9.37 Å². The van der Waals surface area contributed by atoms with Gasteiger partial charge < -0.3 is 9.32 Å². The zero-order valence-electron chi connectivity index (χ0n) is 15.0. The van der Waals surface area contributed by atoms with Crippen molar-refractivity contribution in [1.82, 2.24) is 9.88 Å². The van der Waals surface area contributed by atoms with Crippen molar-refractivity contribution in [2.75, 3.05) is 6.54 Å². The lowest BCUT2D eigenvalue weighted by Crippen LogP contribution is -2.38. The van der Waals surface area contributed by atoms with E-state index < -0.39 is 0 Å². The lowest BCUT2D eigenvalue weighted by atomic mass is 9.84. The Bertz CT molecular complexity index is 1010. The first-order chi connectivity index (χ1) is 13.2. The Morgan fingerprint density at radius 2 is 1.96 bits per heavy atom. The van der Waals surface area contributed by atoms with Gasteiger partial charge in [-0.2, -0.15) is 0 Å². The lowest BCUT2D eigenvalue weighted by Gasteiger charge is -2.31. The van der Waals surface area contributed by atoms with Crippen molar-refractivity contribution in [2.45, 2.75) is 38.1 Å². The Morgan fingerprint density at radius 1 is 1.11 bits per heavy atom. The number of hydrogen-bond acceptors (Lipinski definition) is 3. The Hall–Kier alpha value is -2.69. The van der Waals surface area contributed by atoms with Gasteiger partial charge in [-0.3, -0.25) is 4.79 Å². The van der Waals surface area contributed by atoms with E-state index in [4.69, 9.17) is 4.42 Å². The average Bonchev–Trinajstić information content (AvgIpc) is 3.26. The van der Waals surface area contributed by atoms with Crippen LogP contribution < -0.4 is 0 Å². The fourth-order valence-corrected chi connectivity index (χ4v) is 4.13. The van der Waals surface area contributed by atoms with Crippen LogP contribution in [0.2, 0.25) is 0 Å². The Labute approximate surface area is 157 Å². The molecule has 27 heavy (non-hydrogen) atoms. The second kappa shape index (κ2) is 6.48. The van der Waals surface area contributed by atoms with E-state index >= 15 is 0 Å². The monoisotopic (exact) mass is 364 g/mol. The third-order valence-electron chi connectivity index (χ3n) is 5.86. The molecule has 0 bridgehead atoms. The minimum Gasteiger partial charge on any atom is -0.438 e. The van der Waals surface area contributed by atoms with Gasteiger partial charge in [-0.05, 0) is 49.4 Å². The molecule has 138 valence electrons. The summed E-state index contributed by atoms with van der Waals surface area (Å²) in [6, 6.07) is 12.2. The maximum absolute atomic E-state index is 14.1. The molecule has 2 fully saturated rings. The first-order valence-corrected chi connectivity index (χ1v) is 9.66. The van der Waals surface area contributed by atoms with E-state index in [1.54, 1.807) is 12.1 Å². The minimum absolute atomic E-state index is 0.0811. The fraction of sp³-hybridized carbons (Fsp3) is 0.364. The van der Waals surface area contributed by atoms with Crippen LogP contribution >= 0.6 is 0 Å². The van der Waals surface area contributed by atoms with Crippen LogP contribution in [0.4, 0.5) is 4.39 Å². The number of carbonyl (C=O) groups is 1. The van der Waals surface area contributed by atoms with Crippen LogP contribution in [0, 0.1) is 11.7 Å². The van der Waals surface area contributed by atoms with Crippen LogP contribution in [0.5, 0.6) is 0 Å². The zero-order chi connectivity index (χ0) is 18.4. The molecule has 5 heteroatoms. The average molecular weight is 364 g/mol. The van der Waals surface area contributed by atoms with Crippen molar-refractivity contribution in [1.29, 1.82) is 0 Å². The summed E-state index contributed by atoms with van der Waals surface area (Å²) in [5, 5.41) is 0. The van der Waals surface area contributed by atoms with Crippen LogP contribution in [0.15, 0.2) is 46.9 Å². The molecule has 3 aromatic rings. The highest BCUT2D eigenvalue weighted by atomic mass is 19.1. The molecule has 0 spiro atoms. The van der Waals surface area contributed by atoms with Gasteiger partial charge in [0.15, 0.2) is 5.58 Å². The largest absolute Gasteiger partial charge is 0.438 e. The normalized spacial score (nSPS) is 20.2. The number of rotatable bonds is 3. The second-order valence-electron chi connectivity index (χ2n) is 7.53.